The van der Waals surface area contributed by atoms with Gasteiger partial charge in [0, 0.05) is 12.2 Å². The van der Waals surface area contributed by atoms with Crippen LogP contribution in [0.2, 0.25) is 0 Å². The molecular weight excluding hydrogens is 342 g/mol. The Labute approximate surface area is 159 Å². The lowest BCUT2D eigenvalue weighted by Crippen LogP contribution is -2.38. The van der Waals surface area contributed by atoms with Gasteiger partial charge in [0.25, 0.3) is 5.91 Å². The first kappa shape index (κ1) is 19.0. The van der Waals surface area contributed by atoms with Crippen LogP contribution in [0.1, 0.15) is 29.5 Å². The summed E-state index contributed by atoms with van der Waals surface area (Å²) in [5, 5.41) is 0. The van der Waals surface area contributed by atoms with Crippen LogP contribution in [0.4, 0.5) is 5.69 Å². The van der Waals surface area contributed by atoms with Crippen molar-refractivity contribution in [3.8, 4) is 5.75 Å². The van der Waals surface area contributed by atoms with Gasteiger partial charge in [0.2, 0.25) is 0 Å². The number of carbonyl (C=O) groups is 2. The number of carbonyl (C=O) groups excluding carboxylic acids is 2. The molecule has 2 aromatic carbocycles. The van der Waals surface area contributed by atoms with E-state index in [1.54, 1.807) is 4.90 Å². The molecule has 0 radical (unpaired) electrons. The van der Waals surface area contributed by atoms with Gasteiger partial charge in [-0.05, 0) is 55.5 Å². The Kier molecular flexibility index (Phi) is 6.12. The molecule has 1 aliphatic heterocycles. The van der Waals surface area contributed by atoms with Gasteiger partial charge < -0.3 is 14.4 Å². The zero-order chi connectivity index (χ0) is 19.2. The number of hydrogen-bond acceptors (Lipinski definition) is 4. The van der Waals surface area contributed by atoms with E-state index in [0.29, 0.717) is 6.54 Å². The molecule has 1 aliphatic rings. The van der Waals surface area contributed by atoms with E-state index in [4.69, 9.17) is 9.47 Å². The molecule has 0 spiro atoms. The van der Waals surface area contributed by atoms with Crippen LogP contribution in [0.3, 0.4) is 0 Å². The second kappa shape index (κ2) is 8.71. The highest BCUT2D eigenvalue weighted by atomic mass is 16.5. The summed E-state index contributed by atoms with van der Waals surface area (Å²) in [6.07, 6.45) is 1.99. The van der Waals surface area contributed by atoms with E-state index in [1.807, 2.05) is 56.3 Å². The van der Waals surface area contributed by atoms with Gasteiger partial charge in [-0.1, -0.05) is 30.3 Å². The SMILES string of the molecule is Cc1ccc(C)c(OCCC(=O)OCC(=O)N2CCCc3ccccc32)c1. The molecule has 27 heavy (non-hydrogen) atoms. The van der Waals surface area contributed by atoms with E-state index in [-0.39, 0.29) is 25.5 Å². The summed E-state index contributed by atoms with van der Waals surface area (Å²) in [6.45, 7) is 4.59. The molecule has 0 aromatic heterocycles. The average Bonchev–Trinajstić information content (AvgIpc) is 2.68. The molecule has 2 aromatic rings. The average molecular weight is 367 g/mol. The third-order valence-electron chi connectivity index (χ3n) is 4.68. The van der Waals surface area contributed by atoms with Crippen molar-refractivity contribution in [2.45, 2.75) is 33.1 Å². The number of fused-ring (bicyclic) bond motifs is 1. The summed E-state index contributed by atoms with van der Waals surface area (Å²) in [7, 11) is 0. The summed E-state index contributed by atoms with van der Waals surface area (Å²) in [4.78, 5) is 26.1. The molecule has 0 saturated heterocycles. The van der Waals surface area contributed by atoms with Gasteiger partial charge >= 0.3 is 5.97 Å². The summed E-state index contributed by atoms with van der Waals surface area (Å²) >= 11 is 0. The third kappa shape index (κ3) is 4.88. The molecule has 0 unspecified atom stereocenters. The monoisotopic (exact) mass is 367 g/mol. The maximum Gasteiger partial charge on any atom is 0.309 e. The normalized spacial score (nSPS) is 13.0. The number of hydrogen-bond donors (Lipinski definition) is 0. The molecule has 0 saturated carbocycles. The second-order valence-electron chi connectivity index (χ2n) is 6.81. The van der Waals surface area contributed by atoms with Crippen molar-refractivity contribution in [2.75, 3.05) is 24.7 Å². The second-order valence-corrected chi connectivity index (χ2v) is 6.81. The highest BCUT2D eigenvalue weighted by molar-refractivity contribution is 5.96. The molecule has 0 aliphatic carbocycles. The molecule has 5 heteroatoms. The highest BCUT2D eigenvalue weighted by Crippen LogP contribution is 2.26. The van der Waals surface area contributed by atoms with Crippen LogP contribution in [0.15, 0.2) is 42.5 Å². The third-order valence-corrected chi connectivity index (χ3v) is 4.68. The number of rotatable bonds is 6. The van der Waals surface area contributed by atoms with Gasteiger partial charge in [-0.3, -0.25) is 9.59 Å². The Morgan fingerprint density at radius 1 is 1.11 bits per heavy atom. The van der Waals surface area contributed by atoms with Gasteiger partial charge in [0.1, 0.15) is 5.75 Å². The number of para-hydroxylation sites is 1. The molecule has 1 heterocycles. The van der Waals surface area contributed by atoms with Gasteiger partial charge in [-0.2, -0.15) is 0 Å². The molecule has 3 rings (SSSR count). The molecule has 0 fully saturated rings. The van der Waals surface area contributed by atoms with E-state index in [1.165, 1.54) is 0 Å². The molecule has 0 atom stereocenters. The van der Waals surface area contributed by atoms with Crippen molar-refractivity contribution < 1.29 is 19.1 Å². The smallest absolute Gasteiger partial charge is 0.309 e. The molecule has 142 valence electrons. The van der Waals surface area contributed by atoms with Crippen LogP contribution in [0.25, 0.3) is 0 Å². The van der Waals surface area contributed by atoms with Crippen molar-refractivity contribution in [1.29, 1.82) is 0 Å². The minimum absolute atomic E-state index is 0.108. The Bertz CT molecular complexity index is 831. The maximum absolute atomic E-state index is 12.5. The van der Waals surface area contributed by atoms with Gasteiger partial charge in [-0.15, -0.1) is 0 Å². The van der Waals surface area contributed by atoms with Crippen molar-refractivity contribution in [3.63, 3.8) is 0 Å². The maximum atomic E-state index is 12.5. The lowest BCUT2D eigenvalue weighted by molar-refractivity contribution is -0.148. The van der Waals surface area contributed by atoms with Crippen LogP contribution < -0.4 is 9.64 Å². The van der Waals surface area contributed by atoms with Crippen LogP contribution in [0, 0.1) is 13.8 Å². The first-order chi connectivity index (χ1) is 13.0. The zero-order valence-electron chi connectivity index (χ0n) is 15.9. The van der Waals surface area contributed by atoms with E-state index in [0.717, 1.165) is 41.0 Å². The molecule has 0 N–H and O–H groups in total. The fraction of sp³-hybridized carbons (Fsp3) is 0.364. The van der Waals surface area contributed by atoms with Crippen molar-refractivity contribution >= 4 is 17.6 Å². The standard InChI is InChI=1S/C22H25NO4/c1-16-9-10-17(2)20(14-16)26-13-11-22(25)27-15-21(24)23-12-5-7-18-6-3-4-8-19(18)23/h3-4,6,8-10,14H,5,7,11-13,15H2,1-2H3. The van der Waals surface area contributed by atoms with Crippen molar-refractivity contribution in [2.24, 2.45) is 0 Å². The quantitative estimate of drug-likeness (QED) is 0.732. The fourth-order valence-electron chi connectivity index (χ4n) is 3.19. The first-order valence-corrected chi connectivity index (χ1v) is 9.28. The number of aryl methyl sites for hydroxylation is 3. The van der Waals surface area contributed by atoms with E-state index < -0.39 is 5.97 Å². The summed E-state index contributed by atoms with van der Waals surface area (Å²) in [5.41, 5.74) is 4.20. The summed E-state index contributed by atoms with van der Waals surface area (Å²) in [6, 6.07) is 13.8. The minimum Gasteiger partial charge on any atom is -0.493 e. The van der Waals surface area contributed by atoms with Crippen molar-refractivity contribution in [1.82, 2.24) is 0 Å². The summed E-state index contributed by atoms with van der Waals surface area (Å²) < 4.78 is 10.8. The van der Waals surface area contributed by atoms with Gasteiger partial charge in [0.05, 0.1) is 13.0 Å². The van der Waals surface area contributed by atoms with Crippen LogP contribution in [-0.2, 0) is 20.7 Å². The van der Waals surface area contributed by atoms with Crippen molar-refractivity contribution in [3.05, 3.63) is 59.2 Å². The Balaban J connectivity index is 1.45. The fourth-order valence-corrected chi connectivity index (χ4v) is 3.19. The van der Waals surface area contributed by atoms with Crippen LogP contribution in [0.5, 0.6) is 5.75 Å². The lowest BCUT2D eigenvalue weighted by Gasteiger charge is -2.29. The van der Waals surface area contributed by atoms with E-state index in [2.05, 4.69) is 0 Å². The molecular formula is C22H25NO4. The molecule has 0 bridgehead atoms. The largest absolute Gasteiger partial charge is 0.493 e. The number of benzene rings is 2. The predicted octanol–water partition coefficient (Wildman–Crippen LogP) is 3.59. The van der Waals surface area contributed by atoms with Gasteiger partial charge in [-0.25, -0.2) is 0 Å². The summed E-state index contributed by atoms with van der Waals surface area (Å²) in [5.74, 6) is 0.147. The topological polar surface area (TPSA) is 55.8 Å². The minimum atomic E-state index is -0.432. The van der Waals surface area contributed by atoms with Gasteiger partial charge in [0.15, 0.2) is 6.61 Å². The number of esters is 1. The lowest BCUT2D eigenvalue weighted by atomic mass is 10.0. The Morgan fingerprint density at radius 2 is 1.93 bits per heavy atom. The van der Waals surface area contributed by atoms with Crippen LogP contribution in [-0.4, -0.2) is 31.6 Å². The molecule has 1 amide bonds. The number of ether oxygens (including phenoxy) is 2. The molecule has 5 nitrogen and oxygen atoms in total. The number of nitrogens with zero attached hydrogens (tertiary/aromatic N) is 1. The number of anilines is 1. The Hall–Kier alpha value is -2.82. The first-order valence-electron chi connectivity index (χ1n) is 9.28. The number of amides is 1. The predicted molar refractivity (Wildman–Crippen MR) is 104 cm³/mol. The highest BCUT2D eigenvalue weighted by Gasteiger charge is 2.22. The van der Waals surface area contributed by atoms with E-state index in [9.17, 15) is 9.59 Å². The van der Waals surface area contributed by atoms with E-state index >= 15 is 0 Å². The zero-order valence-corrected chi connectivity index (χ0v) is 15.9. The van der Waals surface area contributed by atoms with Crippen LogP contribution >= 0.6 is 0 Å². The Morgan fingerprint density at radius 3 is 2.78 bits per heavy atom.